The second-order valence-electron chi connectivity index (χ2n) is 7.61. The Morgan fingerprint density at radius 1 is 1.23 bits per heavy atom. The van der Waals surface area contributed by atoms with Gasteiger partial charge in [0.1, 0.15) is 0 Å². The molecular formula is C21H27F3N4O3. The number of aliphatic carboxylic acids is 1. The molecule has 1 aromatic heterocycles. The van der Waals surface area contributed by atoms with Gasteiger partial charge in [-0.15, -0.1) is 0 Å². The highest BCUT2D eigenvalue weighted by Crippen LogP contribution is 2.24. The van der Waals surface area contributed by atoms with Crippen LogP contribution in [-0.4, -0.2) is 50.9 Å². The second-order valence-corrected chi connectivity index (χ2v) is 7.61. The van der Waals surface area contributed by atoms with Gasteiger partial charge in [0.2, 0.25) is 5.91 Å². The molecule has 0 spiro atoms. The quantitative estimate of drug-likeness (QED) is 0.720. The number of nitrogens with one attached hydrogen (secondary N) is 1. The van der Waals surface area contributed by atoms with Crippen LogP contribution in [0.5, 0.6) is 0 Å². The first-order valence-electron chi connectivity index (χ1n) is 9.94. The number of amides is 1. The molecule has 0 bridgehead atoms. The van der Waals surface area contributed by atoms with Crippen molar-refractivity contribution in [3.8, 4) is 0 Å². The minimum atomic E-state index is -5.08. The summed E-state index contributed by atoms with van der Waals surface area (Å²) < 4.78 is 33.9. The highest BCUT2D eigenvalue weighted by atomic mass is 19.4. The van der Waals surface area contributed by atoms with Gasteiger partial charge in [0.25, 0.3) is 0 Å². The fourth-order valence-electron chi connectivity index (χ4n) is 3.21. The smallest absolute Gasteiger partial charge is 0.475 e. The van der Waals surface area contributed by atoms with Gasteiger partial charge in [0, 0.05) is 38.3 Å². The van der Waals surface area contributed by atoms with Gasteiger partial charge >= 0.3 is 12.1 Å². The van der Waals surface area contributed by atoms with E-state index in [1.54, 1.807) is 0 Å². The van der Waals surface area contributed by atoms with E-state index in [0.29, 0.717) is 12.6 Å². The molecule has 10 heteroatoms. The van der Waals surface area contributed by atoms with Crippen LogP contribution in [0.4, 0.5) is 13.2 Å². The molecule has 7 nitrogen and oxygen atoms in total. The van der Waals surface area contributed by atoms with Gasteiger partial charge in [-0.1, -0.05) is 44.2 Å². The summed E-state index contributed by atoms with van der Waals surface area (Å²) >= 11 is 0. The van der Waals surface area contributed by atoms with E-state index in [4.69, 9.17) is 9.90 Å². The number of halogens is 3. The average molecular weight is 440 g/mol. The molecule has 1 aromatic carbocycles. The number of carbonyl (C=O) groups is 2. The van der Waals surface area contributed by atoms with E-state index >= 15 is 0 Å². The molecule has 1 unspecified atom stereocenters. The number of aromatic nitrogens is 2. The lowest BCUT2D eigenvalue weighted by molar-refractivity contribution is -0.192. The number of fused-ring (bicyclic) bond motifs is 1. The summed E-state index contributed by atoms with van der Waals surface area (Å²) in [6.45, 7) is 7.36. The summed E-state index contributed by atoms with van der Waals surface area (Å²) in [5.74, 6) is -2.61. The Kier molecular flexibility index (Phi) is 8.61. The highest BCUT2D eigenvalue weighted by Gasteiger charge is 2.38. The first-order valence-corrected chi connectivity index (χ1v) is 9.94. The molecular weight excluding hydrogens is 413 g/mol. The van der Waals surface area contributed by atoms with Crippen molar-refractivity contribution in [2.24, 2.45) is 5.92 Å². The molecule has 0 saturated heterocycles. The molecule has 2 heterocycles. The summed E-state index contributed by atoms with van der Waals surface area (Å²) in [4.78, 5) is 23.1. The van der Waals surface area contributed by atoms with Crippen LogP contribution in [0.2, 0.25) is 0 Å². The monoisotopic (exact) mass is 440 g/mol. The van der Waals surface area contributed by atoms with E-state index < -0.39 is 12.1 Å². The number of rotatable bonds is 6. The van der Waals surface area contributed by atoms with Crippen molar-refractivity contribution in [1.82, 2.24) is 20.0 Å². The maximum atomic E-state index is 11.7. The number of hydrogen-bond acceptors (Lipinski definition) is 4. The van der Waals surface area contributed by atoms with E-state index in [2.05, 4.69) is 56.4 Å². The Hall–Kier alpha value is -2.88. The van der Waals surface area contributed by atoms with E-state index in [-0.39, 0.29) is 11.8 Å². The first-order chi connectivity index (χ1) is 14.6. The number of hydrogen-bond donors (Lipinski definition) is 2. The average Bonchev–Trinajstić information content (AvgIpc) is 3.17. The maximum absolute atomic E-state index is 11.7. The number of nitrogens with zero attached hydrogens (tertiary/aromatic N) is 3. The Morgan fingerprint density at radius 3 is 2.45 bits per heavy atom. The van der Waals surface area contributed by atoms with E-state index in [0.717, 1.165) is 26.1 Å². The van der Waals surface area contributed by atoms with Gasteiger partial charge < -0.3 is 10.4 Å². The fourth-order valence-corrected chi connectivity index (χ4v) is 3.21. The molecule has 1 aliphatic rings. The van der Waals surface area contributed by atoms with Crippen LogP contribution >= 0.6 is 0 Å². The van der Waals surface area contributed by atoms with Crippen molar-refractivity contribution in [3.05, 3.63) is 53.9 Å². The van der Waals surface area contributed by atoms with Crippen molar-refractivity contribution < 1.29 is 27.9 Å². The van der Waals surface area contributed by atoms with Crippen molar-refractivity contribution >= 4 is 11.9 Å². The molecule has 0 saturated carbocycles. The Morgan fingerprint density at radius 2 is 1.87 bits per heavy atom. The number of carboxylic acid groups (broad SMARTS) is 1. The van der Waals surface area contributed by atoms with Crippen molar-refractivity contribution in [2.75, 3.05) is 13.1 Å². The van der Waals surface area contributed by atoms with Crippen molar-refractivity contribution in [3.63, 3.8) is 0 Å². The molecule has 31 heavy (non-hydrogen) atoms. The zero-order valence-electron chi connectivity index (χ0n) is 17.5. The van der Waals surface area contributed by atoms with Crippen molar-refractivity contribution in [1.29, 1.82) is 0 Å². The molecule has 2 N–H and O–H groups in total. The highest BCUT2D eigenvalue weighted by molar-refractivity contribution is 5.77. The zero-order chi connectivity index (χ0) is 23.0. The fraction of sp³-hybridized carbons (Fsp3) is 0.476. The molecule has 3 rings (SSSR count). The minimum absolute atomic E-state index is 0.0335. The van der Waals surface area contributed by atoms with Gasteiger partial charge in [-0.2, -0.15) is 18.3 Å². The summed E-state index contributed by atoms with van der Waals surface area (Å²) in [5, 5.41) is 14.6. The lowest BCUT2D eigenvalue weighted by atomic mass is 10.1. The van der Waals surface area contributed by atoms with E-state index in [9.17, 15) is 18.0 Å². The summed E-state index contributed by atoms with van der Waals surface area (Å²) in [6, 6.07) is 13.0. The lowest BCUT2D eigenvalue weighted by Gasteiger charge is -2.34. The Bertz CT molecular complexity index is 853. The summed E-state index contributed by atoms with van der Waals surface area (Å²) in [6.07, 6.45) is -2.31. The number of benzene rings is 1. The predicted molar refractivity (Wildman–Crippen MR) is 108 cm³/mol. The molecule has 1 amide bonds. The predicted octanol–water partition coefficient (Wildman–Crippen LogP) is 3.24. The van der Waals surface area contributed by atoms with Gasteiger partial charge in [-0.3, -0.25) is 14.4 Å². The van der Waals surface area contributed by atoms with Gasteiger partial charge in [-0.05, 0) is 18.1 Å². The Balaban J connectivity index is 0.000000423. The second kappa shape index (κ2) is 10.9. The summed E-state index contributed by atoms with van der Waals surface area (Å²) in [7, 11) is 0. The SMILES string of the molecule is CC(C)C(=O)NCCC1CN(Cc2ccccc2)Cc2ccnn21.O=C(O)C(F)(F)F. The molecule has 0 radical (unpaired) electrons. The van der Waals surface area contributed by atoms with Gasteiger partial charge in [0.05, 0.1) is 11.7 Å². The van der Waals surface area contributed by atoms with Crippen LogP contribution in [0.1, 0.15) is 37.6 Å². The van der Waals surface area contributed by atoms with Crippen LogP contribution in [0.15, 0.2) is 42.6 Å². The molecule has 0 fully saturated rings. The maximum Gasteiger partial charge on any atom is 0.490 e. The number of alkyl halides is 3. The number of carbonyl (C=O) groups excluding carboxylic acids is 1. The molecule has 2 aromatic rings. The molecule has 0 aliphatic carbocycles. The third-order valence-electron chi connectivity index (χ3n) is 4.75. The summed E-state index contributed by atoms with van der Waals surface area (Å²) in [5.41, 5.74) is 2.58. The molecule has 1 atom stereocenters. The van der Waals surface area contributed by atoms with E-state index in [1.807, 2.05) is 20.0 Å². The van der Waals surface area contributed by atoms with Crippen LogP contribution in [0, 0.1) is 5.92 Å². The Labute approximate surface area is 178 Å². The van der Waals surface area contributed by atoms with Gasteiger partial charge in [-0.25, -0.2) is 4.79 Å². The van der Waals surface area contributed by atoms with E-state index in [1.165, 1.54) is 11.3 Å². The topological polar surface area (TPSA) is 87.5 Å². The van der Waals surface area contributed by atoms with Gasteiger partial charge in [0.15, 0.2) is 0 Å². The third kappa shape index (κ3) is 7.71. The van der Waals surface area contributed by atoms with Crippen LogP contribution in [0.3, 0.4) is 0 Å². The van der Waals surface area contributed by atoms with Crippen LogP contribution < -0.4 is 5.32 Å². The third-order valence-corrected chi connectivity index (χ3v) is 4.75. The first kappa shape index (κ1) is 24.4. The molecule has 170 valence electrons. The van der Waals surface area contributed by atoms with Crippen molar-refractivity contribution in [2.45, 2.75) is 45.6 Å². The lowest BCUT2D eigenvalue weighted by Crippen LogP contribution is -2.39. The normalized spacial score (nSPS) is 16.3. The van der Waals surface area contributed by atoms with Crippen LogP contribution in [-0.2, 0) is 22.7 Å². The minimum Gasteiger partial charge on any atom is -0.475 e. The standard InChI is InChI=1S/C19H26N4O.C2HF3O2/c1-15(2)19(24)20-10-8-17-13-22(12-16-6-4-3-5-7-16)14-18-9-11-21-23(17)18;3-2(4,5)1(6)7/h3-7,9,11,15,17H,8,10,12-14H2,1-2H3,(H,20,24);(H,6,7). The molecule has 1 aliphatic heterocycles. The largest absolute Gasteiger partial charge is 0.490 e. The van der Waals surface area contributed by atoms with Crippen LogP contribution in [0.25, 0.3) is 0 Å². The zero-order valence-corrected chi connectivity index (χ0v) is 17.5. The number of carboxylic acids is 1.